The molecule has 0 saturated carbocycles. The average Bonchev–Trinajstić information content (AvgIpc) is 2.22. The number of carboxylic acid groups (broad SMARTS) is 1. The van der Waals surface area contributed by atoms with E-state index in [1.807, 2.05) is 5.48 Å². The molecule has 0 bridgehead atoms. The normalized spacial score (nSPS) is 9.94. The average molecular weight is 342 g/mol. The van der Waals surface area contributed by atoms with E-state index in [9.17, 15) is 14.0 Å². The highest BCUT2D eigenvalue weighted by Gasteiger charge is 2.11. The van der Waals surface area contributed by atoms with Crippen LogP contribution in [0.5, 0.6) is 0 Å². The number of anilines is 1. The van der Waals surface area contributed by atoms with E-state index in [2.05, 4.69) is 26.1 Å². The Morgan fingerprint density at radius 1 is 1.50 bits per heavy atom. The first kappa shape index (κ1) is 14.7. The van der Waals surface area contributed by atoms with Crippen molar-refractivity contribution < 1.29 is 23.9 Å². The van der Waals surface area contributed by atoms with Gasteiger partial charge in [-0.15, -0.1) is 0 Å². The van der Waals surface area contributed by atoms with Crippen LogP contribution in [0.1, 0.15) is 0 Å². The van der Waals surface area contributed by atoms with Crippen LogP contribution in [-0.4, -0.2) is 23.7 Å². The van der Waals surface area contributed by atoms with Gasteiger partial charge in [0.05, 0.1) is 10.7 Å². The maximum absolute atomic E-state index is 12.9. The van der Waals surface area contributed by atoms with Crippen molar-refractivity contribution in [2.24, 2.45) is 0 Å². The van der Waals surface area contributed by atoms with Crippen LogP contribution in [-0.2, 0) is 9.63 Å². The minimum atomic E-state index is -1.24. The van der Waals surface area contributed by atoms with Gasteiger partial charge in [-0.2, -0.15) is 0 Å². The monoisotopic (exact) mass is 340 g/mol. The van der Waals surface area contributed by atoms with Gasteiger partial charge in [-0.25, -0.2) is 19.5 Å². The maximum Gasteiger partial charge on any atom is 0.343 e. The van der Waals surface area contributed by atoms with Crippen LogP contribution in [0.2, 0.25) is 5.02 Å². The lowest BCUT2D eigenvalue weighted by Crippen LogP contribution is -2.31. The van der Waals surface area contributed by atoms with E-state index >= 15 is 0 Å². The Kier molecular flexibility index (Phi) is 5.32. The van der Waals surface area contributed by atoms with Crippen molar-refractivity contribution in [3.8, 4) is 0 Å². The van der Waals surface area contributed by atoms with Gasteiger partial charge in [0.25, 0.3) is 0 Å². The lowest BCUT2D eigenvalue weighted by molar-refractivity contribution is -0.143. The molecular weight excluding hydrogens is 334 g/mol. The summed E-state index contributed by atoms with van der Waals surface area (Å²) < 4.78 is 13.1. The topological polar surface area (TPSA) is 87.7 Å². The highest BCUT2D eigenvalue weighted by molar-refractivity contribution is 9.10. The molecule has 0 aliphatic heterocycles. The summed E-state index contributed by atoms with van der Waals surface area (Å²) in [6.45, 7) is -0.689. The quantitative estimate of drug-likeness (QED) is 0.734. The Bertz CT molecular complexity index is 463. The van der Waals surface area contributed by atoms with Gasteiger partial charge in [-0.1, -0.05) is 11.6 Å². The first-order valence-electron chi connectivity index (χ1n) is 4.45. The van der Waals surface area contributed by atoms with E-state index in [0.29, 0.717) is 0 Å². The standard InChI is InChI=1S/C9H7BrClFN2O4/c10-5-1-4(12)2-6(11)8(5)13-9(17)14-18-3-7(15)16/h1-2H,3H2,(H,15,16)(H2,13,14,17). The number of carbonyl (C=O) groups excluding carboxylic acids is 1. The van der Waals surface area contributed by atoms with Crippen molar-refractivity contribution in [2.75, 3.05) is 11.9 Å². The second-order valence-electron chi connectivity index (χ2n) is 2.98. The summed E-state index contributed by atoms with van der Waals surface area (Å²) in [7, 11) is 0. The van der Waals surface area contributed by atoms with Gasteiger partial charge in [0.15, 0.2) is 6.61 Å². The number of carboxylic acids is 1. The van der Waals surface area contributed by atoms with Crippen LogP contribution < -0.4 is 10.8 Å². The molecular formula is C9H7BrClFN2O4. The van der Waals surface area contributed by atoms with E-state index in [1.54, 1.807) is 0 Å². The Morgan fingerprint density at radius 2 is 2.17 bits per heavy atom. The molecule has 0 atom stereocenters. The SMILES string of the molecule is O=C(O)CONC(=O)Nc1c(Cl)cc(F)cc1Br. The predicted molar refractivity (Wildman–Crippen MR) is 64.9 cm³/mol. The fraction of sp³-hybridized carbons (Fsp3) is 0.111. The van der Waals surface area contributed by atoms with E-state index in [0.717, 1.165) is 12.1 Å². The molecule has 0 fully saturated rings. The van der Waals surface area contributed by atoms with Crippen LogP contribution in [0.25, 0.3) is 0 Å². The fourth-order valence-electron chi connectivity index (χ4n) is 0.964. The largest absolute Gasteiger partial charge is 0.479 e. The zero-order chi connectivity index (χ0) is 13.7. The minimum absolute atomic E-state index is 0.0183. The van der Waals surface area contributed by atoms with Crippen molar-refractivity contribution in [1.29, 1.82) is 0 Å². The lowest BCUT2D eigenvalue weighted by Gasteiger charge is -2.10. The number of hydroxylamine groups is 1. The second-order valence-corrected chi connectivity index (χ2v) is 4.24. The molecule has 1 aromatic rings. The fourth-order valence-corrected chi connectivity index (χ4v) is 1.86. The number of rotatable bonds is 4. The minimum Gasteiger partial charge on any atom is -0.479 e. The van der Waals surface area contributed by atoms with E-state index in [4.69, 9.17) is 16.7 Å². The molecule has 9 heteroatoms. The smallest absolute Gasteiger partial charge is 0.343 e. The molecule has 0 aliphatic carbocycles. The number of benzene rings is 1. The molecule has 2 amide bonds. The number of carbonyl (C=O) groups is 2. The van der Waals surface area contributed by atoms with Crippen LogP contribution >= 0.6 is 27.5 Å². The number of aliphatic carboxylic acids is 1. The molecule has 1 rings (SSSR count). The highest BCUT2D eigenvalue weighted by atomic mass is 79.9. The van der Waals surface area contributed by atoms with Crippen molar-refractivity contribution >= 4 is 45.2 Å². The number of hydrogen-bond acceptors (Lipinski definition) is 3. The number of urea groups is 1. The molecule has 98 valence electrons. The summed E-state index contributed by atoms with van der Waals surface area (Å²) in [6, 6.07) is 1.28. The third kappa shape index (κ3) is 4.47. The molecule has 0 aliphatic rings. The summed E-state index contributed by atoms with van der Waals surface area (Å²) >= 11 is 8.73. The summed E-state index contributed by atoms with van der Waals surface area (Å²) in [5.41, 5.74) is 1.96. The molecule has 0 radical (unpaired) electrons. The molecule has 1 aromatic carbocycles. The molecule has 0 saturated heterocycles. The molecule has 0 spiro atoms. The predicted octanol–water partition coefficient (Wildman–Crippen LogP) is 2.38. The van der Waals surface area contributed by atoms with Crippen LogP contribution in [0, 0.1) is 5.82 Å². The van der Waals surface area contributed by atoms with Crippen LogP contribution in [0.4, 0.5) is 14.9 Å². The first-order chi connectivity index (χ1) is 8.40. The summed E-state index contributed by atoms with van der Waals surface area (Å²) in [4.78, 5) is 25.7. The van der Waals surface area contributed by atoms with Gasteiger partial charge < -0.3 is 10.4 Å². The first-order valence-corrected chi connectivity index (χ1v) is 5.62. The molecule has 3 N–H and O–H groups in total. The zero-order valence-corrected chi connectivity index (χ0v) is 11.0. The summed E-state index contributed by atoms with van der Waals surface area (Å²) in [5.74, 6) is -1.81. The van der Waals surface area contributed by atoms with Crippen molar-refractivity contribution in [3.05, 3.63) is 27.4 Å². The van der Waals surface area contributed by atoms with Crippen LogP contribution in [0.3, 0.4) is 0 Å². The number of nitrogens with one attached hydrogen (secondary N) is 2. The summed E-state index contributed by atoms with van der Waals surface area (Å²) in [5, 5.41) is 10.5. The number of hydrogen-bond donors (Lipinski definition) is 3. The maximum atomic E-state index is 12.9. The van der Waals surface area contributed by atoms with Gasteiger partial charge in [0.1, 0.15) is 5.82 Å². The van der Waals surface area contributed by atoms with Gasteiger partial charge in [0.2, 0.25) is 0 Å². The van der Waals surface area contributed by atoms with Crippen LogP contribution in [0.15, 0.2) is 16.6 Å². The Labute approximate surface area is 114 Å². The highest BCUT2D eigenvalue weighted by Crippen LogP contribution is 2.31. The number of halogens is 3. The zero-order valence-electron chi connectivity index (χ0n) is 8.67. The lowest BCUT2D eigenvalue weighted by atomic mass is 10.3. The second kappa shape index (κ2) is 6.53. The third-order valence-corrected chi connectivity index (χ3v) is 2.53. The van der Waals surface area contributed by atoms with Crippen molar-refractivity contribution in [2.45, 2.75) is 0 Å². The van der Waals surface area contributed by atoms with E-state index in [-0.39, 0.29) is 15.2 Å². The van der Waals surface area contributed by atoms with Gasteiger partial charge >= 0.3 is 12.0 Å². The molecule has 0 aromatic heterocycles. The Balaban J connectivity index is 2.62. The van der Waals surface area contributed by atoms with Crippen molar-refractivity contribution in [1.82, 2.24) is 5.48 Å². The van der Waals surface area contributed by atoms with E-state index in [1.165, 1.54) is 0 Å². The van der Waals surface area contributed by atoms with Gasteiger partial charge in [0, 0.05) is 4.47 Å². The Morgan fingerprint density at radius 3 is 2.72 bits per heavy atom. The molecule has 0 unspecified atom stereocenters. The Hall–Kier alpha value is -1.38. The molecule has 18 heavy (non-hydrogen) atoms. The van der Waals surface area contributed by atoms with E-state index < -0.39 is 24.4 Å². The number of amides is 2. The molecule has 0 heterocycles. The van der Waals surface area contributed by atoms with Gasteiger partial charge in [-0.3, -0.25) is 4.84 Å². The summed E-state index contributed by atoms with van der Waals surface area (Å²) in [6.07, 6.45) is 0. The van der Waals surface area contributed by atoms with Gasteiger partial charge in [-0.05, 0) is 28.1 Å². The molecule has 6 nitrogen and oxygen atoms in total. The third-order valence-electron chi connectivity index (χ3n) is 1.61. The van der Waals surface area contributed by atoms with Crippen molar-refractivity contribution in [3.63, 3.8) is 0 Å².